The second kappa shape index (κ2) is 8.52. The Balaban J connectivity index is 1.82. The molecule has 0 aliphatic heterocycles. The Hall–Kier alpha value is -4.17. The van der Waals surface area contributed by atoms with Crippen molar-refractivity contribution in [2.24, 2.45) is 10.2 Å². The van der Waals surface area contributed by atoms with E-state index in [2.05, 4.69) is 41.1 Å². The fourth-order valence-corrected chi connectivity index (χ4v) is 3.50. The summed E-state index contributed by atoms with van der Waals surface area (Å²) in [5.74, 6) is 0.578. The monoisotopic (exact) mass is 494 g/mol. The number of halogens is 1. The van der Waals surface area contributed by atoms with Crippen LogP contribution in [0, 0.1) is 11.3 Å². The number of hydrogen-bond donors (Lipinski definition) is 3. The molecule has 11 heteroatoms. The topological polar surface area (TPSA) is 149 Å². The van der Waals surface area contributed by atoms with Gasteiger partial charge in [-0.05, 0) is 36.4 Å². The lowest BCUT2D eigenvalue weighted by Gasteiger charge is -2.10. The number of methoxy groups -OCH3 is 2. The number of aromatic amines is 2. The third kappa shape index (κ3) is 3.79. The van der Waals surface area contributed by atoms with Gasteiger partial charge in [0, 0.05) is 15.4 Å². The molecule has 0 aliphatic carbocycles. The number of aromatic hydroxyl groups is 1. The molecule has 32 heavy (non-hydrogen) atoms. The SMILES string of the molecule is COc1ccc(-c2nc(N=Nc3c(O)[nH]c4ccc(Br)cc34)[nH]c(=O)c2C#N)cc1OC. The molecular weight excluding hydrogens is 480 g/mol. The maximum absolute atomic E-state index is 12.5. The number of nitrogens with one attached hydrogen (secondary N) is 2. The average Bonchev–Trinajstić information content (AvgIpc) is 3.10. The highest BCUT2D eigenvalue weighted by Gasteiger charge is 2.16. The van der Waals surface area contributed by atoms with Gasteiger partial charge in [0.1, 0.15) is 11.6 Å². The summed E-state index contributed by atoms with van der Waals surface area (Å²) >= 11 is 3.38. The molecule has 10 nitrogen and oxygen atoms in total. The number of azo groups is 1. The lowest BCUT2D eigenvalue weighted by atomic mass is 10.1. The molecule has 0 saturated carbocycles. The maximum Gasteiger partial charge on any atom is 0.270 e. The Morgan fingerprint density at radius 3 is 2.59 bits per heavy atom. The van der Waals surface area contributed by atoms with Crippen molar-refractivity contribution in [2.45, 2.75) is 0 Å². The standard InChI is InChI=1S/C21H15BrN6O4/c1-31-15-6-3-10(7-16(15)32-2)17-13(9-23)19(29)26-21(25-17)28-27-18-12-8-11(22)4-5-14(12)24-20(18)30/h3-8,24,30H,1-2H3,(H,25,26,29). The molecule has 0 unspecified atom stereocenters. The van der Waals surface area contributed by atoms with Crippen molar-refractivity contribution >= 4 is 38.5 Å². The van der Waals surface area contributed by atoms with Crippen LogP contribution in [0.3, 0.4) is 0 Å². The molecule has 0 spiro atoms. The molecule has 2 aromatic carbocycles. The summed E-state index contributed by atoms with van der Waals surface area (Å²) < 4.78 is 11.3. The van der Waals surface area contributed by atoms with Crippen molar-refractivity contribution in [3.8, 4) is 34.7 Å². The maximum atomic E-state index is 12.5. The van der Waals surface area contributed by atoms with Gasteiger partial charge in [0.05, 0.1) is 25.4 Å². The number of aromatic nitrogens is 3. The Morgan fingerprint density at radius 2 is 1.88 bits per heavy atom. The van der Waals surface area contributed by atoms with Gasteiger partial charge < -0.3 is 19.6 Å². The number of nitrogens with zero attached hydrogens (tertiary/aromatic N) is 4. The van der Waals surface area contributed by atoms with Crippen LogP contribution in [0.1, 0.15) is 5.56 Å². The van der Waals surface area contributed by atoms with E-state index in [1.165, 1.54) is 14.2 Å². The second-order valence-corrected chi connectivity index (χ2v) is 7.42. The van der Waals surface area contributed by atoms with Crippen LogP contribution in [0.4, 0.5) is 11.6 Å². The lowest BCUT2D eigenvalue weighted by Crippen LogP contribution is -2.13. The normalized spacial score (nSPS) is 11.1. The van der Waals surface area contributed by atoms with Crippen molar-refractivity contribution in [2.75, 3.05) is 14.2 Å². The zero-order chi connectivity index (χ0) is 22.8. The summed E-state index contributed by atoms with van der Waals surface area (Å²) in [5.41, 5.74) is 0.549. The summed E-state index contributed by atoms with van der Waals surface area (Å²) in [5, 5.41) is 28.3. The molecule has 0 amide bonds. The van der Waals surface area contributed by atoms with Gasteiger partial charge in [-0.15, -0.1) is 10.2 Å². The largest absolute Gasteiger partial charge is 0.493 e. The lowest BCUT2D eigenvalue weighted by molar-refractivity contribution is 0.355. The minimum Gasteiger partial charge on any atom is -0.493 e. The van der Waals surface area contributed by atoms with E-state index in [0.717, 1.165) is 4.47 Å². The Morgan fingerprint density at radius 1 is 1.09 bits per heavy atom. The molecule has 3 N–H and O–H groups in total. The number of nitriles is 1. The average molecular weight is 495 g/mol. The highest BCUT2D eigenvalue weighted by atomic mass is 79.9. The molecule has 0 aliphatic rings. The molecule has 4 rings (SSSR count). The van der Waals surface area contributed by atoms with Gasteiger partial charge in [0.25, 0.3) is 5.56 Å². The molecule has 4 aromatic rings. The van der Waals surface area contributed by atoms with E-state index >= 15 is 0 Å². The van der Waals surface area contributed by atoms with Gasteiger partial charge in [-0.25, -0.2) is 4.98 Å². The fourth-order valence-electron chi connectivity index (χ4n) is 3.14. The van der Waals surface area contributed by atoms with Crippen LogP contribution >= 0.6 is 15.9 Å². The number of fused-ring (bicyclic) bond motifs is 1. The van der Waals surface area contributed by atoms with Crippen LogP contribution in [0.5, 0.6) is 17.4 Å². The van der Waals surface area contributed by atoms with E-state index in [0.29, 0.717) is 28.0 Å². The number of benzene rings is 2. The van der Waals surface area contributed by atoms with Gasteiger partial charge in [-0.2, -0.15) is 5.26 Å². The summed E-state index contributed by atoms with van der Waals surface area (Å²) in [6, 6.07) is 12.1. The molecule has 0 fully saturated rings. The van der Waals surface area contributed by atoms with Crippen LogP contribution in [0.2, 0.25) is 0 Å². The van der Waals surface area contributed by atoms with E-state index in [9.17, 15) is 15.2 Å². The number of hydrogen-bond acceptors (Lipinski definition) is 8. The first-order chi connectivity index (χ1) is 15.4. The smallest absolute Gasteiger partial charge is 0.270 e. The van der Waals surface area contributed by atoms with Gasteiger partial charge >= 0.3 is 0 Å². The summed E-state index contributed by atoms with van der Waals surface area (Å²) in [6.45, 7) is 0. The number of ether oxygens (including phenoxy) is 2. The van der Waals surface area contributed by atoms with E-state index < -0.39 is 5.56 Å². The molecule has 0 saturated heterocycles. The van der Waals surface area contributed by atoms with Gasteiger partial charge in [-0.1, -0.05) is 15.9 Å². The molecule has 2 heterocycles. The second-order valence-electron chi connectivity index (χ2n) is 6.51. The molecule has 0 bridgehead atoms. The van der Waals surface area contributed by atoms with Gasteiger partial charge in [0.2, 0.25) is 11.8 Å². The molecular formula is C21H15BrN6O4. The summed E-state index contributed by atoms with van der Waals surface area (Å²) in [7, 11) is 2.98. The Labute approximate surface area is 189 Å². The first kappa shape index (κ1) is 21.1. The van der Waals surface area contributed by atoms with Gasteiger partial charge in [-0.3, -0.25) is 9.78 Å². The highest BCUT2D eigenvalue weighted by molar-refractivity contribution is 9.10. The Bertz CT molecular complexity index is 1470. The zero-order valence-corrected chi connectivity index (χ0v) is 18.4. The summed E-state index contributed by atoms with van der Waals surface area (Å²) in [4.78, 5) is 22.0. The van der Waals surface area contributed by atoms with Crippen molar-refractivity contribution in [3.63, 3.8) is 0 Å². The third-order valence-corrected chi connectivity index (χ3v) is 5.13. The van der Waals surface area contributed by atoms with Gasteiger partial charge in [0.15, 0.2) is 17.2 Å². The van der Waals surface area contributed by atoms with E-state index in [4.69, 9.17) is 9.47 Å². The fraction of sp³-hybridized carbons (Fsp3) is 0.0952. The van der Waals surface area contributed by atoms with Crippen molar-refractivity contribution < 1.29 is 14.6 Å². The predicted octanol–water partition coefficient (Wildman–Crippen LogP) is 4.69. The molecule has 0 radical (unpaired) electrons. The number of H-pyrrole nitrogens is 2. The minimum absolute atomic E-state index is 0.108. The first-order valence-electron chi connectivity index (χ1n) is 9.14. The molecule has 0 atom stereocenters. The van der Waals surface area contributed by atoms with E-state index in [1.54, 1.807) is 30.3 Å². The number of rotatable bonds is 5. The predicted molar refractivity (Wildman–Crippen MR) is 120 cm³/mol. The van der Waals surface area contributed by atoms with Crippen molar-refractivity contribution in [1.29, 1.82) is 5.26 Å². The highest BCUT2D eigenvalue weighted by Crippen LogP contribution is 2.37. The van der Waals surface area contributed by atoms with Crippen LogP contribution < -0.4 is 15.0 Å². The van der Waals surface area contributed by atoms with Crippen LogP contribution in [-0.4, -0.2) is 34.3 Å². The molecule has 160 valence electrons. The molecule has 2 aromatic heterocycles. The Kier molecular flexibility index (Phi) is 5.61. The summed E-state index contributed by atoms with van der Waals surface area (Å²) in [6.07, 6.45) is 0. The van der Waals surface area contributed by atoms with Crippen LogP contribution in [0.15, 0.2) is 55.9 Å². The van der Waals surface area contributed by atoms with Crippen LogP contribution in [-0.2, 0) is 0 Å². The van der Waals surface area contributed by atoms with Crippen molar-refractivity contribution in [1.82, 2.24) is 15.0 Å². The van der Waals surface area contributed by atoms with E-state index in [1.807, 2.05) is 12.1 Å². The minimum atomic E-state index is -0.674. The zero-order valence-electron chi connectivity index (χ0n) is 16.8. The van der Waals surface area contributed by atoms with Crippen molar-refractivity contribution in [3.05, 3.63) is 56.8 Å². The third-order valence-electron chi connectivity index (χ3n) is 4.63. The first-order valence-corrected chi connectivity index (χ1v) is 9.93. The quantitative estimate of drug-likeness (QED) is 0.342. The van der Waals surface area contributed by atoms with E-state index in [-0.39, 0.29) is 28.8 Å². The van der Waals surface area contributed by atoms with Crippen LogP contribution in [0.25, 0.3) is 22.2 Å².